The van der Waals surface area contributed by atoms with Gasteiger partial charge in [0.05, 0.1) is 0 Å². The van der Waals surface area contributed by atoms with Gasteiger partial charge in [-0.3, -0.25) is 0 Å². The van der Waals surface area contributed by atoms with E-state index >= 15 is 0 Å². The summed E-state index contributed by atoms with van der Waals surface area (Å²) in [6.07, 6.45) is 0. The van der Waals surface area contributed by atoms with Crippen LogP contribution >= 0.6 is 15.9 Å². The Bertz CT molecular complexity index is 507. The van der Waals surface area contributed by atoms with Gasteiger partial charge in [-0.25, -0.2) is 9.07 Å². The molecule has 0 amide bonds. The van der Waals surface area contributed by atoms with Crippen molar-refractivity contribution in [3.63, 3.8) is 0 Å². The molecule has 0 aliphatic rings. The third kappa shape index (κ3) is 1.87. The van der Waals surface area contributed by atoms with Gasteiger partial charge in [0.2, 0.25) is 0 Å². The Hall–Kier alpha value is -1.36. The van der Waals surface area contributed by atoms with Gasteiger partial charge < -0.3 is 5.73 Å². The summed E-state index contributed by atoms with van der Waals surface area (Å²) >= 11 is 3.29. The zero-order valence-electron chi connectivity index (χ0n) is 8.04. The van der Waals surface area contributed by atoms with Gasteiger partial charge in [0.15, 0.2) is 0 Å². The van der Waals surface area contributed by atoms with Crippen LogP contribution in [0.5, 0.6) is 0 Å². The lowest BCUT2D eigenvalue weighted by atomic mass is 10.3. The molecule has 0 aliphatic carbocycles. The van der Waals surface area contributed by atoms with Crippen LogP contribution in [-0.2, 0) is 0 Å². The second kappa shape index (κ2) is 3.66. The van der Waals surface area contributed by atoms with Crippen molar-refractivity contribution in [2.24, 2.45) is 0 Å². The van der Waals surface area contributed by atoms with Gasteiger partial charge in [-0.1, -0.05) is 15.9 Å². The topological polar surface area (TPSA) is 43.8 Å². The van der Waals surface area contributed by atoms with Gasteiger partial charge >= 0.3 is 0 Å². The first-order valence-electron chi connectivity index (χ1n) is 4.35. The molecule has 0 saturated carbocycles. The molecule has 3 nitrogen and oxygen atoms in total. The van der Waals surface area contributed by atoms with E-state index in [2.05, 4.69) is 21.0 Å². The highest BCUT2D eigenvalue weighted by atomic mass is 79.9. The lowest BCUT2D eigenvalue weighted by Crippen LogP contribution is -2.02. The van der Waals surface area contributed by atoms with Gasteiger partial charge in [0.1, 0.15) is 17.3 Å². The SMILES string of the molecule is Cc1cc(N)nn1-c1cc(Br)ccc1F. The Kier molecular flexibility index (Phi) is 2.48. The number of aromatic nitrogens is 2. The van der Waals surface area contributed by atoms with Crippen LogP contribution in [-0.4, -0.2) is 9.78 Å². The van der Waals surface area contributed by atoms with Crippen molar-refractivity contribution < 1.29 is 4.39 Å². The molecule has 0 radical (unpaired) electrons. The molecular formula is C10H9BrFN3. The Labute approximate surface area is 94.8 Å². The molecule has 1 aromatic carbocycles. The van der Waals surface area contributed by atoms with E-state index in [-0.39, 0.29) is 5.82 Å². The van der Waals surface area contributed by atoms with Crippen molar-refractivity contribution in [3.05, 3.63) is 40.2 Å². The number of nitrogen functional groups attached to an aromatic ring is 1. The van der Waals surface area contributed by atoms with Gasteiger partial charge in [0.25, 0.3) is 0 Å². The highest BCUT2D eigenvalue weighted by Crippen LogP contribution is 2.21. The van der Waals surface area contributed by atoms with Crippen LogP contribution in [0.3, 0.4) is 0 Å². The molecule has 15 heavy (non-hydrogen) atoms. The van der Waals surface area contributed by atoms with Crippen molar-refractivity contribution in [2.45, 2.75) is 6.92 Å². The molecular weight excluding hydrogens is 261 g/mol. The van der Waals surface area contributed by atoms with Crippen molar-refractivity contribution >= 4 is 21.7 Å². The minimum Gasteiger partial charge on any atom is -0.382 e. The summed E-state index contributed by atoms with van der Waals surface area (Å²) in [6, 6.07) is 6.38. The van der Waals surface area contributed by atoms with E-state index in [9.17, 15) is 4.39 Å². The maximum absolute atomic E-state index is 13.5. The average Bonchev–Trinajstić information content (AvgIpc) is 2.50. The van der Waals surface area contributed by atoms with E-state index in [0.29, 0.717) is 11.5 Å². The maximum atomic E-state index is 13.5. The van der Waals surface area contributed by atoms with Crippen LogP contribution in [0.2, 0.25) is 0 Å². The van der Waals surface area contributed by atoms with Crippen molar-refractivity contribution in [1.29, 1.82) is 0 Å². The Morgan fingerprint density at radius 1 is 1.40 bits per heavy atom. The summed E-state index contributed by atoms with van der Waals surface area (Å²) in [5, 5.41) is 4.02. The van der Waals surface area contributed by atoms with E-state index in [1.165, 1.54) is 10.7 Å². The standard InChI is InChI=1S/C10H9BrFN3/c1-6-4-10(13)14-15(6)9-5-7(11)2-3-8(9)12/h2-5H,1H3,(H2,13,14). The quantitative estimate of drug-likeness (QED) is 0.865. The van der Waals surface area contributed by atoms with Gasteiger partial charge in [0, 0.05) is 16.2 Å². The lowest BCUT2D eigenvalue weighted by Gasteiger charge is -2.05. The third-order valence-electron chi connectivity index (χ3n) is 2.04. The fourth-order valence-corrected chi connectivity index (χ4v) is 1.74. The Balaban J connectivity index is 2.62. The number of rotatable bonds is 1. The highest BCUT2D eigenvalue weighted by molar-refractivity contribution is 9.10. The summed E-state index contributed by atoms with van der Waals surface area (Å²) in [7, 11) is 0. The molecule has 2 N–H and O–H groups in total. The van der Waals surface area contributed by atoms with Crippen LogP contribution < -0.4 is 5.73 Å². The van der Waals surface area contributed by atoms with Crippen molar-refractivity contribution in [2.75, 3.05) is 5.73 Å². The number of hydrogen-bond donors (Lipinski definition) is 1. The minimum absolute atomic E-state index is 0.329. The predicted octanol–water partition coefficient (Wildman–Crippen LogP) is 2.66. The van der Waals surface area contributed by atoms with Gasteiger partial charge in [-0.15, -0.1) is 0 Å². The number of benzene rings is 1. The third-order valence-corrected chi connectivity index (χ3v) is 2.54. The summed E-state index contributed by atoms with van der Waals surface area (Å²) < 4.78 is 15.8. The predicted molar refractivity (Wildman–Crippen MR) is 60.4 cm³/mol. The number of aryl methyl sites for hydroxylation is 1. The normalized spacial score (nSPS) is 10.6. The molecule has 5 heteroatoms. The minimum atomic E-state index is -0.329. The van der Waals surface area contributed by atoms with E-state index < -0.39 is 0 Å². The second-order valence-electron chi connectivity index (χ2n) is 3.22. The molecule has 0 saturated heterocycles. The summed E-state index contributed by atoms with van der Waals surface area (Å²) in [6.45, 7) is 1.82. The van der Waals surface area contributed by atoms with Crippen molar-refractivity contribution in [3.8, 4) is 5.69 Å². The molecule has 0 atom stereocenters. The summed E-state index contributed by atoms with van der Waals surface area (Å²) in [5.41, 5.74) is 6.72. The van der Waals surface area contributed by atoms with Crippen LogP contribution in [0.4, 0.5) is 10.2 Å². The average molecular weight is 270 g/mol. The largest absolute Gasteiger partial charge is 0.382 e. The number of nitrogens with zero attached hydrogens (tertiary/aromatic N) is 2. The van der Waals surface area contributed by atoms with Crippen LogP contribution in [0.25, 0.3) is 5.69 Å². The first kappa shape index (κ1) is 10.2. The molecule has 0 unspecified atom stereocenters. The number of nitrogens with two attached hydrogens (primary N) is 1. The van der Waals surface area contributed by atoms with E-state index in [4.69, 9.17) is 5.73 Å². The number of hydrogen-bond acceptors (Lipinski definition) is 2. The Morgan fingerprint density at radius 3 is 2.73 bits per heavy atom. The molecule has 2 rings (SSSR count). The summed E-state index contributed by atoms with van der Waals surface area (Å²) in [4.78, 5) is 0. The molecule has 2 aromatic rings. The highest BCUT2D eigenvalue weighted by Gasteiger charge is 2.09. The monoisotopic (exact) mass is 269 g/mol. The lowest BCUT2D eigenvalue weighted by molar-refractivity contribution is 0.608. The smallest absolute Gasteiger partial charge is 0.148 e. The molecule has 0 fully saturated rings. The molecule has 1 heterocycles. The fourth-order valence-electron chi connectivity index (χ4n) is 1.39. The molecule has 78 valence electrons. The van der Waals surface area contributed by atoms with Crippen LogP contribution in [0.15, 0.2) is 28.7 Å². The van der Waals surface area contributed by atoms with Gasteiger partial charge in [-0.05, 0) is 25.1 Å². The molecule has 0 spiro atoms. The molecule has 0 aliphatic heterocycles. The maximum Gasteiger partial charge on any atom is 0.148 e. The van der Waals surface area contributed by atoms with Crippen LogP contribution in [0.1, 0.15) is 5.69 Å². The zero-order chi connectivity index (χ0) is 11.0. The first-order valence-corrected chi connectivity index (χ1v) is 5.15. The van der Waals surface area contributed by atoms with Crippen LogP contribution in [0, 0.1) is 12.7 Å². The number of anilines is 1. The van der Waals surface area contributed by atoms with Crippen molar-refractivity contribution in [1.82, 2.24) is 9.78 Å². The Morgan fingerprint density at radius 2 is 2.13 bits per heavy atom. The van der Waals surface area contributed by atoms with E-state index in [1.807, 2.05) is 6.92 Å². The summed E-state index contributed by atoms with van der Waals surface area (Å²) in [5.74, 6) is 0.0521. The molecule has 0 bridgehead atoms. The zero-order valence-corrected chi connectivity index (χ0v) is 9.62. The fraction of sp³-hybridized carbons (Fsp3) is 0.100. The second-order valence-corrected chi connectivity index (χ2v) is 4.13. The number of halogens is 2. The van der Waals surface area contributed by atoms with E-state index in [0.717, 1.165) is 10.2 Å². The first-order chi connectivity index (χ1) is 7.08. The van der Waals surface area contributed by atoms with Gasteiger partial charge in [-0.2, -0.15) is 5.10 Å². The molecule has 1 aromatic heterocycles. The van der Waals surface area contributed by atoms with E-state index in [1.54, 1.807) is 18.2 Å².